The van der Waals surface area contributed by atoms with Gasteiger partial charge in [-0.15, -0.1) is 12.4 Å². The van der Waals surface area contributed by atoms with Gasteiger partial charge in [0.05, 0.1) is 12.6 Å². The van der Waals surface area contributed by atoms with Gasteiger partial charge in [0.25, 0.3) is 5.92 Å². The van der Waals surface area contributed by atoms with Crippen LogP contribution in [0.3, 0.4) is 0 Å². The van der Waals surface area contributed by atoms with Crippen LogP contribution in [0.5, 0.6) is 0 Å². The molecule has 0 spiro atoms. The number of carbonyl (C=O) groups is 1. The van der Waals surface area contributed by atoms with E-state index in [1.165, 1.54) is 0 Å². The van der Waals surface area contributed by atoms with E-state index in [1.54, 1.807) is 11.8 Å². The van der Waals surface area contributed by atoms with Gasteiger partial charge in [0.1, 0.15) is 0 Å². The summed E-state index contributed by atoms with van der Waals surface area (Å²) in [5.74, 6) is -1.66. The van der Waals surface area contributed by atoms with E-state index in [1.807, 2.05) is 0 Å². The van der Waals surface area contributed by atoms with Crippen LogP contribution in [0, 0.1) is 6.92 Å². The number of hydrogen-bond donors (Lipinski definition) is 1. The van der Waals surface area contributed by atoms with Gasteiger partial charge in [-0.1, -0.05) is 5.16 Å². The fourth-order valence-electron chi connectivity index (χ4n) is 2.94. The van der Waals surface area contributed by atoms with Crippen molar-refractivity contribution >= 4 is 18.3 Å². The molecule has 1 aromatic heterocycles. The first-order chi connectivity index (χ1) is 9.94. The third-order valence-electron chi connectivity index (χ3n) is 4.11. The molecule has 0 saturated carbocycles. The summed E-state index contributed by atoms with van der Waals surface area (Å²) in [6.45, 7) is 2.42. The average Bonchev–Trinajstić information content (AvgIpc) is 3.04. The number of aryl methyl sites for hydroxylation is 1. The van der Waals surface area contributed by atoms with Crippen LogP contribution in [0.4, 0.5) is 8.78 Å². The van der Waals surface area contributed by atoms with E-state index in [4.69, 9.17) is 4.52 Å². The van der Waals surface area contributed by atoms with Crippen molar-refractivity contribution in [2.24, 2.45) is 0 Å². The third kappa shape index (κ3) is 3.55. The molecule has 0 radical (unpaired) electrons. The number of piperidine rings is 1. The molecule has 1 aromatic rings. The zero-order valence-electron chi connectivity index (χ0n) is 12.2. The maximum absolute atomic E-state index is 13.1. The summed E-state index contributed by atoms with van der Waals surface area (Å²) < 4.78 is 31.4. The van der Waals surface area contributed by atoms with Crippen LogP contribution in [-0.4, -0.2) is 52.5 Å². The van der Waals surface area contributed by atoms with Gasteiger partial charge in [-0.05, 0) is 19.8 Å². The molecular weight excluding hydrogens is 318 g/mol. The Morgan fingerprint density at radius 2 is 2.09 bits per heavy atom. The molecule has 0 aliphatic carbocycles. The van der Waals surface area contributed by atoms with E-state index >= 15 is 0 Å². The molecule has 2 aliphatic heterocycles. The van der Waals surface area contributed by atoms with Gasteiger partial charge in [-0.3, -0.25) is 10.1 Å². The topological polar surface area (TPSA) is 71.3 Å². The Morgan fingerprint density at radius 3 is 2.59 bits per heavy atom. The van der Waals surface area contributed by atoms with Crippen LogP contribution in [0.25, 0.3) is 0 Å². The minimum atomic E-state index is -2.78. The molecule has 0 bridgehead atoms. The summed E-state index contributed by atoms with van der Waals surface area (Å²) in [7, 11) is 0. The van der Waals surface area contributed by atoms with E-state index < -0.39 is 24.9 Å². The Kier molecular flexibility index (Phi) is 5.01. The molecular formula is C13H19ClF2N4O2. The summed E-state index contributed by atoms with van der Waals surface area (Å²) in [6.07, 6.45) is 1.03. The highest BCUT2D eigenvalue weighted by Gasteiger charge is 2.44. The van der Waals surface area contributed by atoms with Gasteiger partial charge in [-0.2, -0.15) is 4.98 Å². The number of nitrogens with zero attached hydrogens (tertiary/aromatic N) is 3. The Labute approximate surface area is 133 Å². The van der Waals surface area contributed by atoms with E-state index in [0.29, 0.717) is 24.8 Å². The highest BCUT2D eigenvalue weighted by molar-refractivity contribution is 5.85. The van der Waals surface area contributed by atoms with Crippen LogP contribution in [0.2, 0.25) is 0 Å². The Morgan fingerprint density at radius 1 is 1.41 bits per heavy atom. The molecule has 22 heavy (non-hydrogen) atoms. The number of halogens is 3. The van der Waals surface area contributed by atoms with Gasteiger partial charge in [-0.25, -0.2) is 8.78 Å². The summed E-state index contributed by atoms with van der Waals surface area (Å²) in [5, 5.41) is 6.37. The van der Waals surface area contributed by atoms with Gasteiger partial charge < -0.3 is 9.42 Å². The molecule has 1 unspecified atom stereocenters. The molecule has 2 saturated heterocycles. The number of rotatable bonds is 2. The van der Waals surface area contributed by atoms with Crippen LogP contribution in [0.1, 0.15) is 36.9 Å². The molecule has 1 atom stereocenters. The first kappa shape index (κ1) is 17.1. The SMILES string of the molecule is Cc1noc(C2CCN(C(=O)C3CC(F)(F)CN3)CC2)n1.Cl. The Hall–Kier alpha value is -1.28. The van der Waals surface area contributed by atoms with Gasteiger partial charge in [0, 0.05) is 25.4 Å². The molecule has 124 valence electrons. The molecule has 3 heterocycles. The van der Waals surface area contributed by atoms with Gasteiger partial charge in [0.2, 0.25) is 11.8 Å². The maximum Gasteiger partial charge on any atom is 0.262 e. The largest absolute Gasteiger partial charge is 0.341 e. The standard InChI is InChI=1S/C13H18F2N4O2.ClH/c1-8-17-11(21-18-8)9-2-4-19(5-3-9)12(20)10-6-13(14,15)7-16-10;/h9-10,16H,2-7H2,1H3;1H. The average molecular weight is 337 g/mol. The zero-order valence-corrected chi connectivity index (χ0v) is 13.0. The van der Waals surface area contributed by atoms with Crippen molar-refractivity contribution in [1.29, 1.82) is 0 Å². The summed E-state index contributed by atoms with van der Waals surface area (Å²) in [4.78, 5) is 18.1. The quantitative estimate of drug-likeness (QED) is 0.886. The second-order valence-corrected chi connectivity index (χ2v) is 5.77. The Bertz CT molecular complexity index is 532. The van der Waals surface area contributed by atoms with Crippen molar-refractivity contribution in [2.75, 3.05) is 19.6 Å². The number of carbonyl (C=O) groups excluding carboxylic acids is 1. The first-order valence-corrected chi connectivity index (χ1v) is 7.15. The lowest BCUT2D eigenvalue weighted by molar-refractivity contribution is -0.134. The Balaban J connectivity index is 0.00000176. The minimum absolute atomic E-state index is 0. The monoisotopic (exact) mass is 336 g/mol. The predicted molar refractivity (Wildman–Crippen MR) is 76.2 cm³/mol. The minimum Gasteiger partial charge on any atom is -0.341 e. The number of nitrogens with one attached hydrogen (secondary N) is 1. The van der Waals surface area contributed by atoms with Crippen molar-refractivity contribution in [3.63, 3.8) is 0 Å². The second-order valence-electron chi connectivity index (χ2n) is 5.77. The number of aromatic nitrogens is 2. The highest BCUT2D eigenvalue weighted by Crippen LogP contribution is 2.29. The maximum atomic E-state index is 13.1. The van der Waals surface area contributed by atoms with Crippen LogP contribution < -0.4 is 5.32 Å². The lowest BCUT2D eigenvalue weighted by Crippen LogP contribution is -2.46. The van der Waals surface area contributed by atoms with Crippen LogP contribution in [-0.2, 0) is 4.79 Å². The van der Waals surface area contributed by atoms with Crippen LogP contribution >= 0.6 is 12.4 Å². The van der Waals surface area contributed by atoms with Gasteiger partial charge >= 0.3 is 0 Å². The fourth-order valence-corrected chi connectivity index (χ4v) is 2.94. The lowest BCUT2D eigenvalue weighted by atomic mass is 9.96. The van der Waals surface area contributed by atoms with Crippen molar-refractivity contribution in [2.45, 2.75) is 44.1 Å². The first-order valence-electron chi connectivity index (χ1n) is 7.15. The zero-order chi connectivity index (χ0) is 15.0. The second kappa shape index (κ2) is 6.45. The number of amides is 1. The number of alkyl halides is 2. The summed E-state index contributed by atoms with van der Waals surface area (Å²) in [6, 6.07) is -0.762. The smallest absolute Gasteiger partial charge is 0.262 e. The molecule has 3 rings (SSSR count). The molecule has 2 fully saturated rings. The van der Waals surface area contributed by atoms with Crippen molar-refractivity contribution in [3.05, 3.63) is 11.7 Å². The molecule has 1 amide bonds. The predicted octanol–water partition coefficient (Wildman–Crippen LogP) is 1.50. The lowest BCUT2D eigenvalue weighted by Gasteiger charge is -2.32. The molecule has 0 aromatic carbocycles. The molecule has 6 nitrogen and oxygen atoms in total. The highest BCUT2D eigenvalue weighted by atomic mass is 35.5. The number of likely N-dealkylation sites (tertiary alicyclic amines) is 1. The normalized spacial score (nSPS) is 25.0. The summed E-state index contributed by atoms with van der Waals surface area (Å²) in [5.41, 5.74) is 0. The van der Waals surface area contributed by atoms with E-state index in [9.17, 15) is 13.6 Å². The molecule has 1 N–H and O–H groups in total. The van der Waals surface area contributed by atoms with E-state index in [2.05, 4.69) is 15.5 Å². The van der Waals surface area contributed by atoms with Crippen molar-refractivity contribution < 1.29 is 18.1 Å². The third-order valence-corrected chi connectivity index (χ3v) is 4.11. The van der Waals surface area contributed by atoms with Crippen molar-refractivity contribution in [3.8, 4) is 0 Å². The van der Waals surface area contributed by atoms with Gasteiger partial charge in [0.15, 0.2) is 5.82 Å². The molecule has 2 aliphatic rings. The van der Waals surface area contributed by atoms with E-state index in [-0.39, 0.29) is 24.2 Å². The van der Waals surface area contributed by atoms with E-state index in [0.717, 1.165) is 12.8 Å². The molecule has 9 heteroatoms. The van der Waals surface area contributed by atoms with Crippen molar-refractivity contribution in [1.82, 2.24) is 20.4 Å². The number of hydrogen-bond acceptors (Lipinski definition) is 5. The van der Waals surface area contributed by atoms with Crippen LogP contribution in [0.15, 0.2) is 4.52 Å². The summed E-state index contributed by atoms with van der Waals surface area (Å²) >= 11 is 0. The fraction of sp³-hybridized carbons (Fsp3) is 0.769.